The molecular formula is C19H22N2O3. The molecule has 126 valence electrons. The van der Waals surface area contributed by atoms with Crippen LogP contribution < -0.4 is 20.1 Å². The van der Waals surface area contributed by atoms with Gasteiger partial charge in [0, 0.05) is 18.2 Å². The Morgan fingerprint density at radius 3 is 2.54 bits per heavy atom. The predicted octanol–water partition coefficient (Wildman–Crippen LogP) is 3.02. The van der Waals surface area contributed by atoms with Crippen LogP contribution in [0.5, 0.6) is 11.5 Å². The average molecular weight is 326 g/mol. The highest BCUT2D eigenvalue weighted by molar-refractivity contribution is 6.01. The van der Waals surface area contributed by atoms with E-state index >= 15 is 0 Å². The van der Waals surface area contributed by atoms with Gasteiger partial charge in [0.25, 0.3) is 5.91 Å². The summed E-state index contributed by atoms with van der Waals surface area (Å²) in [6.45, 7) is 3.97. The minimum atomic E-state index is -0.545. The Morgan fingerprint density at radius 2 is 1.92 bits per heavy atom. The third-order valence-corrected chi connectivity index (χ3v) is 4.12. The molecule has 0 radical (unpaired) electrons. The number of nitrogen functional groups attached to an aromatic ring is 1. The van der Waals surface area contributed by atoms with E-state index in [-0.39, 0.29) is 11.9 Å². The predicted molar refractivity (Wildman–Crippen MR) is 94.6 cm³/mol. The van der Waals surface area contributed by atoms with E-state index in [0.29, 0.717) is 17.9 Å². The molecule has 2 N–H and O–H groups in total. The van der Waals surface area contributed by atoms with Crippen LogP contribution in [-0.2, 0) is 11.2 Å². The third-order valence-electron chi connectivity index (χ3n) is 4.12. The van der Waals surface area contributed by atoms with E-state index < -0.39 is 6.10 Å². The van der Waals surface area contributed by atoms with E-state index in [2.05, 4.69) is 0 Å². The number of methoxy groups -OCH3 is 1. The van der Waals surface area contributed by atoms with Crippen molar-refractivity contribution in [2.24, 2.45) is 0 Å². The van der Waals surface area contributed by atoms with Crippen molar-refractivity contribution in [1.82, 2.24) is 0 Å². The number of hydrogen-bond acceptors (Lipinski definition) is 4. The monoisotopic (exact) mass is 326 g/mol. The van der Waals surface area contributed by atoms with Crippen molar-refractivity contribution in [2.75, 3.05) is 17.7 Å². The minimum absolute atomic E-state index is 0.0281. The second-order valence-electron chi connectivity index (χ2n) is 6.19. The fourth-order valence-corrected chi connectivity index (χ4v) is 2.94. The summed E-state index contributed by atoms with van der Waals surface area (Å²) in [7, 11) is 1.63. The standard InChI is InChI=1S/C19H22N2O3/c1-12(2)21-16-11-14(20)6-9-17(16)24-18(19(21)22)10-13-4-7-15(23-3)8-5-13/h4-9,11-12,18H,10,20H2,1-3H3. The summed E-state index contributed by atoms with van der Waals surface area (Å²) in [5.74, 6) is 1.44. The van der Waals surface area contributed by atoms with Gasteiger partial charge in [-0.1, -0.05) is 12.1 Å². The Bertz CT molecular complexity index is 741. The highest BCUT2D eigenvalue weighted by atomic mass is 16.5. The summed E-state index contributed by atoms with van der Waals surface area (Å²) < 4.78 is 11.1. The van der Waals surface area contributed by atoms with Crippen LogP contribution in [0.2, 0.25) is 0 Å². The van der Waals surface area contributed by atoms with E-state index in [1.807, 2.05) is 44.2 Å². The van der Waals surface area contributed by atoms with Crippen LogP contribution in [0.1, 0.15) is 19.4 Å². The molecule has 0 fully saturated rings. The molecule has 5 heteroatoms. The SMILES string of the molecule is COc1ccc(CC2Oc3ccc(N)cc3N(C(C)C)C2=O)cc1. The summed E-state index contributed by atoms with van der Waals surface area (Å²) in [5.41, 5.74) is 8.25. The van der Waals surface area contributed by atoms with Gasteiger partial charge in [0.1, 0.15) is 11.5 Å². The molecule has 0 bridgehead atoms. The largest absolute Gasteiger partial charge is 0.497 e. The van der Waals surface area contributed by atoms with Crippen molar-refractivity contribution < 1.29 is 14.3 Å². The first-order valence-corrected chi connectivity index (χ1v) is 8.01. The highest BCUT2D eigenvalue weighted by Crippen LogP contribution is 2.37. The quantitative estimate of drug-likeness (QED) is 0.877. The summed E-state index contributed by atoms with van der Waals surface area (Å²) in [6.07, 6.45) is -0.0347. The number of hydrogen-bond donors (Lipinski definition) is 1. The molecular weight excluding hydrogens is 304 g/mol. The Balaban J connectivity index is 1.89. The van der Waals surface area contributed by atoms with E-state index in [1.54, 1.807) is 24.1 Å². The first-order chi connectivity index (χ1) is 11.5. The zero-order valence-electron chi connectivity index (χ0n) is 14.2. The molecule has 1 unspecified atom stereocenters. The molecule has 0 aliphatic carbocycles. The number of benzene rings is 2. The number of carbonyl (C=O) groups excluding carboxylic acids is 1. The Morgan fingerprint density at radius 1 is 1.21 bits per heavy atom. The van der Waals surface area contributed by atoms with Gasteiger partial charge in [0.2, 0.25) is 0 Å². The number of carbonyl (C=O) groups is 1. The molecule has 1 aliphatic rings. The number of fused-ring (bicyclic) bond motifs is 1. The van der Waals surface area contributed by atoms with Gasteiger partial charge in [-0.3, -0.25) is 4.79 Å². The first kappa shape index (κ1) is 16.2. The van der Waals surface area contributed by atoms with Crippen LogP contribution in [0, 0.1) is 0 Å². The second kappa shape index (κ2) is 6.43. The minimum Gasteiger partial charge on any atom is -0.497 e. The van der Waals surface area contributed by atoms with Crippen molar-refractivity contribution in [2.45, 2.75) is 32.4 Å². The van der Waals surface area contributed by atoms with Crippen LogP contribution >= 0.6 is 0 Å². The Labute approximate surface area is 142 Å². The summed E-state index contributed by atoms with van der Waals surface area (Å²) in [6, 6.07) is 13.1. The summed E-state index contributed by atoms with van der Waals surface area (Å²) in [4.78, 5) is 14.7. The molecule has 0 saturated heterocycles. The topological polar surface area (TPSA) is 64.8 Å². The van der Waals surface area contributed by atoms with Crippen molar-refractivity contribution in [3.05, 3.63) is 48.0 Å². The zero-order chi connectivity index (χ0) is 17.3. The van der Waals surface area contributed by atoms with Crippen LogP contribution in [0.3, 0.4) is 0 Å². The van der Waals surface area contributed by atoms with E-state index in [4.69, 9.17) is 15.2 Å². The van der Waals surface area contributed by atoms with Crippen LogP contribution in [0.25, 0.3) is 0 Å². The Kier molecular flexibility index (Phi) is 4.34. The number of nitrogens with two attached hydrogens (primary N) is 1. The number of anilines is 2. The van der Waals surface area contributed by atoms with Crippen LogP contribution in [-0.4, -0.2) is 25.2 Å². The lowest BCUT2D eigenvalue weighted by molar-refractivity contribution is -0.126. The second-order valence-corrected chi connectivity index (χ2v) is 6.19. The molecule has 0 aromatic heterocycles. The van der Waals surface area contributed by atoms with Crippen molar-refractivity contribution in [3.63, 3.8) is 0 Å². The molecule has 2 aromatic rings. The van der Waals surface area contributed by atoms with Gasteiger partial charge in [-0.25, -0.2) is 0 Å². The maximum atomic E-state index is 12.9. The molecule has 1 atom stereocenters. The van der Waals surface area contributed by atoms with E-state index in [0.717, 1.165) is 17.0 Å². The molecule has 1 heterocycles. The lowest BCUT2D eigenvalue weighted by Gasteiger charge is -2.37. The Hall–Kier alpha value is -2.69. The smallest absolute Gasteiger partial charge is 0.268 e. The van der Waals surface area contributed by atoms with Gasteiger partial charge in [0.05, 0.1) is 12.8 Å². The fourth-order valence-electron chi connectivity index (χ4n) is 2.94. The zero-order valence-corrected chi connectivity index (χ0v) is 14.2. The first-order valence-electron chi connectivity index (χ1n) is 8.01. The average Bonchev–Trinajstić information content (AvgIpc) is 2.56. The molecule has 3 rings (SSSR count). The van der Waals surface area contributed by atoms with E-state index in [1.165, 1.54) is 0 Å². The molecule has 0 saturated carbocycles. The normalized spacial score (nSPS) is 16.8. The summed E-state index contributed by atoms with van der Waals surface area (Å²) >= 11 is 0. The van der Waals surface area contributed by atoms with E-state index in [9.17, 15) is 4.79 Å². The number of nitrogens with zero attached hydrogens (tertiary/aromatic N) is 1. The maximum Gasteiger partial charge on any atom is 0.268 e. The number of amides is 1. The number of ether oxygens (including phenoxy) is 2. The van der Waals surface area contributed by atoms with Gasteiger partial charge in [-0.2, -0.15) is 0 Å². The van der Waals surface area contributed by atoms with Gasteiger partial charge in [-0.05, 0) is 49.7 Å². The number of rotatable bonds is 4. The molecule has 5 nitrogen and oxygen atoms in total. The molecule has 24 heavy (non-hydrogen) atoms. The van der Waals surface area contributed by atoms with Crippen LogP contribution in [0.4, 0.5) is 11.4 Å². The van der Waals surface area contributed by atoms with Crippen LogP contribution in [0.15, 0.2) is 42.5 Å². The third kappa shape index (κ3) is 3.02. The van der Waals surface area contributed by atoms with Crippen molar-refractivity contribution in [3.8, 4) is 11.5 Å². The lowest BCUT2D eigenvalue weighted by atomic mass is 10.0. The molecule has 2 aromatic carbocycles. The fraction of sp³-hybridized carbons (Fsp3) is 0.316. The molecule has 1 amide bonds. The van der Waals surface area contributed by atoms with Gasteiger partial charge >= 0.3 is 0 Å². The van der Waals surface area contributed by atoms with Gasteiger partial charge < -0.3 is 20.1 Å². The summed E-state index contributed by atoms with van der Waals surface area (Å²) in [5, 5.41) is 0. The van der Waals surface area contributed by atoms with Gasteiger partial charge in [0.15, 0.2) is 6.10 Å². The maximum absolute atomic E-state index is 12.9. The van der Waals surface area contributed by atoms with Gasteiger partial charge in [-0.15, -0.1) is 0 Å². The van der Waals surface area contributed by atoms with Crippen molar-refractivity contribution in [1.29, 1.82) is 0 Å². The molecule has 0 spiro atoms. The highest BCUT2D eigenvalue weighted by Gasteiger charge is 2.35. The lowest BCUT2D eigenvalue weighted by Crippen LogP contribution is -2.50. The van der Waals surface area contributed by atoms with Crippen molar-refractivity contribution >= 4 is 17.3 Å². The molecule has 1 aliphatic heterocycles.